The Hall–Kier alpha value is -0.260. The van der Waals surface area contributed by atoms with E-state index in [1.165, 1.54) is 12.8 Å². The zero-order valence-corrected chi connectivity index (χ0v) is 10.6. The second kappa shape index (κ2) is 3.87. The lowest BCUT2D eigenvalue weighted by Gasteiger charge is -2.22. The van der Waals surface area contributed by atoms with Gasteiger partial charge in [0.2, 0.25) is 5.91 Å². The number of ether oxygens (including phenoxy) is 1. The van der Waals surface area contributed by atoms with E-state index in [0.29, 0.717) is 30.0 Å². The van der Waals surface area contributed by atoms with E-state index in [1.54, 1.807) is 0 Å². The topological polar surface area (TPSA) is 41.6 Å². The van der Waals surface area contributed by atoms with Gasteiger partial charge in [-0.3, -0.25) is 10.1 Å². The number of nitrogens with zero attached hydrogens (tertiary/aromatic N) is 1. The Morgan fingerprint density at radius 1 is 1.24 bits per heavy atom. The van der Waals surface area contributed by atoms with Gasteiger partial charge < -0.3 is 9.64 Å². The summed E-state index contributed by atoms with van der Waals surface area (Å²) < 4.78 is 5.94. The maximum Gasteiger partial charge on any atom is 0.240 e. The van der Waals surface area contributed by atoms with E-state index >= 15 is 0 Å². The fourth-order valence-electron chi connectivity index (χ4n) is 3.91. The summed E-state index contributed by atoms with van der Waals surface area (Å²) in [5, 5.41) is 3.28. The Bertz CT molecular complexity index is 327. The number of amides is 1. The van der Waals surface area contributed by atoms with Crippen LogP contribution < -0.4 is 5.32 Å². The van der Waals surface area contributed by atoms with Crippen molar-refractivity contribution in [2.75, 3.05) is 24.7 Å². The normalized spacial score (nSPS) is 47.8. The molecule has 4 saturated heterocycles. The average Bonchev–Trinajstić information content (AvgIpc) is 3.10. The first-order chi connectivity index (χ1) is 8.33. The number of carbonyl (C=O) groups excluding carboxylic acids is 1. The molecule has 0 aromatic carbocycles. The van der Waals surface area contributed by atoms with E-state index in [1.807, 2.05) is 11.8 Å². The Balaban J connectivity index is 1.46. The van der Waals surface area contributed by atoms with Gasteiger partial charge >= 0.3 is 0 Å². The van der Waals surface area contributed by atoms with Crippen molar-refractivity contribution in [3.8, 4) is 0 Å². The number of fused-ring (bicyclic) bond motifs is 5. The SMILES string of the molecule is O=C(C1CSCN1)N1CC2C3CCC(O3)C2C1. The van der Waals surface area contributed by atoms with Crippen molar-refractivity contribution in [1.29, 1.82) is 0 Å². The van der Waals surface area contributed by atoms with E-state index in [0.717, 1.165) is 24.7 Å². The zero-order chi connectivity index (χ0) is 11.4. The highest BCUT2D eigenvalue weighted by atomic mass is 32.2. The lowest BCUT2D eigenvalue weighted by molar-refractivity contribution is -0.132. The van der Waals surface area contributed by atoms with Crippen LogP contribution in [0, 0.1) is 11.8 Å². The second-order valence-corrected chi connectivity index (χ2v) is 6.66. The van der Waals surface area contributed by atoms with Crippen LogP contribution in [0.3, 0.4) is 0 Å². The van der Waals surface area contributed by atoms with E-state index in [4.69, 9.17) is 4.74 Å². The van der Waals surface area contributed by atoms with Crippen molar-refractivity contribution in [2.24, 2.45) is 11.8 Å². The van der Waals surface area contributed by atoms with Crippen LogP contribution in [-0.2, 0) is 9.53 Å². The molecule has 5 heteroatoms. The van der Waals surface area contributed by atoms with E-state index in [2.05, 4.69) is 10.2 Å². The fraction of sp³-hybridized carbons (Fsp3) is 0.917. The van der Waals surface area contributed by atoms with Crippen LogP contribution in [0.4, 0.5) is 0 Å². The summed E-state index contributed by atoms with van der Waals surface area (Å²) in [5.41, 5.74) is 0. The van der Waals surface area contributed by atoms with Crippen LogP contribution in [0.25, 0.3) is 0 Å². The highest BCUT2D eigenvalue weighted by Gasteiger charge is 2.54. The Labute approximate surface area is 105 Å². The molecule has 0 aliphatic carbocycles. The lowest BCUT2D eigenvalue weighted by atomic mass is 9.82. The molecule has 0 saturated carbocycles. The third-order valence-electron chi connectivity index (χ3n) is 4.78. The molecule has 17 heavy (non-hydrogen) atoms. The van der Waals surface area contributed by atoms with Crippen molar-refractivity contribution in [2.45, 2.75) is 31.1 Å². The average molecular weight is 254 g/mol. The number of hydrogen-bond acceptors (Lipinski definition) is 4. The summed E-state index contributed by atoms with van der Waals surface area (Å²) in [4.78, 5) is 14.4. The predicted molar refractivity (Wildman–Crippen MR) is 65.7 cm³/mol. The molecule has 94 valence electrons. The number of hydrogen-bond donors (Lipinski definition) is 1. The Morgan fingerprint density at radius 2 is 1.94 bits per heavy atom. The third-order valence-corrected chi connectivity index (χ3v) is 5.72. The second-order valence-electron chi connectivity index (χ2n) is 5.63. The largest absolute Gasteiger partial charge is 0.374 e. The molecule has 4 rings (SSSR count). The molecule has 5 unspecified atom stereocenters. The van der Waals surface area contributed by atoms with Crippen LogP contribution in [0.5, 0.6) is 0 Å². The first kappa shape index (κ1) is 10.6. The van der Waals surface area contributed by atoms with Gasteiger partial charge in [-0.25, -0.2) is 0 Å². The molecule has 0 radical (unpaired) electrons. The van der Waals surface area contributed by atoms with E-state index < -0.39 is 0 Å². The molecule has 4 aliphatic heterocycles. The van der Waals surface area contributed by atoms with Crippen molar-refractivity contribution in [3.05, 3.63) is 0 Å². The molecule has 2 bridgehead atoms. The first-order valence-electron chi connectivity index (χ1n) is 6.58. The van der Waals surface area contributed by atoms with Gasteiger partial charge in [-0.15, -0.1) is 11.8 Å². The van der Waals surface area contributed by atoms with Crippen molar-refractivity contribution < 1.29 is 9.53 Å². The van der Waals surface area contributed by atoms with Crippen LogP contribution in [0.2, 0.25) is 0 Å². The highest BCUT2D eigenvalue weighted by Crippen LogP contribution is 2.47. The predicted octanol–water partition coefficient (Wildman–Crippen LogP) is 0.285. The molecule has 1 amide bonds. The van der Waals surface area contributed by atoms with Gasteiger partial charge in [0, 0.05) is 36.6 Å². The van der Waals surface area contributed by atoms with Crippen LogP contribution in [0.15, 0.2) is 0 Å². The molecular formula is C12H18N2O2S. The molecule has 4 nitrogen and oxygen atoms in total. The number of thioether (sulfide) groups is 1. The van der Waals surface area contributed by atoms with Crippen LogP contribution in [-0.4, -0.2) is 53.8 Å². The highest BCUT2D eigenvalue weighted by molar-refractivity contribution is 7.99. The monoisotopic (exact) mass is 254 g/mol. The van der Waals surface area contributed by atoms with Crippen molar-refractivity contribution in [1.82, 2.24) is 10.2 Å². The van der Waals surface area contributed by atoms with Crippen LogP contribution >= 0.6 is 11.8 Å². The number of carbonyl (C=O) groups is 1. The standard InChI is InChI=1S/C12H18N2O2S/c15-12(9-5-17-6-13-9)14-3-7-8(4-14)11-2-1-10(7)16-11/h7-11,13H,1-6H2. The molecule has 0 aromatic heterocycles. The lowest BCUT2D eigenvalue weighted by Crippen LogP contribution is -2.44. The zero-order valence-electron chi connectivity index (χ0n) is 9.80. The molecule has 0 aromatic rings. The molecule has 4 fully saturated rings. The molecule has 0 spiro atoms. The van der Waals surface area contributed by atoms with Gasteiger partial charge in [-0.1, -0.05) is 0 Å². The summed E-state index contributed by atoms with van der Waals surface area (Å²) in [6, 6.07) is 0.0670. The maximum atomic E-state index is 12.3. The Morgan fingerprint density at radius 3 is 2.53 bits per heavy atom. The first-order valence-corrected chi connectivity index (χ1v) is 7.74. The van der Waals surface area contributed by atoms with Gasteiger partial charge in [-0.05, 0) is 12.8 Å². The summed E-state index contributed by atoms with van der Waals surface area (Å²) in [5.74, 6) is 3.45. The number of nitrogens with one attached hydrogen (secondary N) is 1. The summed E-state index contributed by atoms with van der Waals surface area (Å²) in [6.07, 6.45) is 3.33. The van der Waals surface area contributed by atoms with Gasteiger partial charge in [0.05, 0.1) is 18.2 Å². The molecule has 1 N–H and O–H groups in total. The summed E-state index contributed by atoms with van der Waals surface area (Å²) in [6.45, 7) is 1.88. The molecule has 4 aliphatic rings. The van der Waals surface area contributed by atoms with E-state index in [-0.39, 0.29) is 6.04 Å². The van der Waals surface area contributed by atoms with Crippen molar-refractivity contribution in [3.63, 3.8) is 0 Å². The third kappa shape index (κ3) is 1.55. The number of rotatable bonds is 1. The fourth-order valence-corrected chi connectivity index (χ4v) is 4.85. The van der Waals surface area contributed by atoms with Gasteiger partial charge in [0.15, 0.2) is 0 Å². The maximum absolute atomic E-state index is 12.3. The minimum atomic E-state index is 0.0670. The molecular weight excluding hydrogens is 236 g/mol. The van der Waals surface area contributed by atoms with Gasteiger partial charge in [0.25, 0.3) is 0 Å². The van der Waals surface area contributed by atoms with E-state index in [9.17, 15) is 4.79 Å². The summed E-state index contributed by atoms with van der Waals surface area (Å²) >= 11 is 1.82. The minimum Gasteiger partial charge on any atom is -0.374 e. The molecule has 5 atom stereocenters. The van der Waals surface area contributed by atoms with Crippen LogP contribution in [0.1, 0.15) is 12.8 Å². The van der Waals surface area contributed by atoms with Gasteiger partial charge in [-0.2, -0.15) is 0 Å². The van der Waals surface area contributed by atoms with Crippen molar-refractivity contribution >= 4 is 17.7 Å². The minimum absolute atomic E-state index is 0.0670. The van der Waals surface area contributed by atoms with Gasteiger partial charge in [0.1, 0.15) is 0 Å². The number of likely N-dealkylation sites (tertiary alicyclic amines) is 1. The molecule has 4 heterocycles. The summed E-state index contributed by atoms with van der Waals surface area (Å²) in [7, 11) is 0. The Kier molecular flexibility index (Phi) is 2.42. The quantitative estimate of drug-likeness (QED) is 0.730. The smallest absolute Gasteiger partial charge is 0.240 e.